The summed E-state index contributed by atoms with van der Waals surface area (Å²) < 4.78 is 0. The molecule has 0 spiro atoms. The van der Waals surface area contributed by atoms with Gasteiger partial charge in [0.15, 0.2) is 5.78 Å². The van der Waals surface area contributed by atoms with Gasteiger partial charge in [0, 0.05) is 16.7 Å². The van der Waals surface area contributed by atoms with Gasteiger partial charge in [0.25, 0.3) is 0 Å². The second-order valence-electron chi connectivity index (χ2n) is 9.60. The van der Waals surface area contributed by atoms with Crippen molar-refractivity contribution in [1.29, 1.82) is 0 Å². The summed E-state index contributed by atoms with van der Waals surface area (Å²) in [4.78, 5) is 12.6. The summed E-state index contributed by atoms with van der Waals surface area (Å²) in [6, 6.07) is 0. The summed E-state index contributed by atoms with van der Waals surface area (Å²) in [5, 5.41) is 32.3. The Balaban J connectivity index is 2.09. The smallest absolute Gasteiger partial charge is 0.190 e. The zero-order chi connectivity index (χ0) is 20.2. The fraction of sp³-hybridized carbons (Fsp3) is 0.783. The van der Waals surface area contributed by atoms with Crippen LogP contribution in [-0.4, -0.2) is 39.4 Å². The fourth-order valence-corrected chi connectivity index (χ4v) is 7.47. The van der Waals surface area contributed by atoms with Gasteiger partial charge >= 0.3 is 0 Å². The number of Topliss-reactive ketones (excluding diaryl/α,β-unsaturated/α-hetero) is 1. The first kappa shape index (κ1) is 20.8. The molecule has 3 aliphatic rings. The monoisotopic (exact) mass is 376 g/mol. The standard InChI is InChI=1S/C23H36O4/c1-6-10-21(4)15(7-2)8-9-16-17-11-14(3)23(27,19(26)13-24)22(17,5)12-18(25)20(16)21/h6-7,10,14,16-18,20,24-25,27H,8-9,11-13H2,1-5H3/b10-6-,15-7-/t14?,16?,17?,18?,20?,21?,22?,23-/m0/s1. The maximum atomic E-state index is 12.6. The predicted molar refractivity (Wildman–Crippen MR) is 106 cm³/mol. The van der Waals surface area contributed by atoms with E-state index in [-0.39, 0.29) is 29.1 Å². The highest BCUT2D eigenvalue weighted by atomic mass is 16.3. The molecule has 0 aromatic rings. The molecule has 0 aromatic heterocycles. The molecule has 0 amide bonds. The van der Waals surface area contributed by atoms with E-state index in [0.29, 0.717) is 6.42 Å². The van der Waals surface area contributed by atoms with Gasteiger partial charge in [-0.2, -0.15) is 0 Å². The van der Waals surface area contributed by atoms with Gasteiger partial charge in [0.05, 0.1) is 6.10 Å². The van der Waals surface area contributed by atoms with E-state index in [9.17, 15) is 20.1 Å². The minimum atomic E-state index is -1.56. The Morgan fingerprint density at radius 2 is 1.96 bits per heavy atom. The third-order valence-electron chi connectivity index (χ3n) is 8.60. The minimum absolute atomic E-state index is 0.0884. The van der Waals surface area contributed by atoms with Crippen LogP contribution in [0.4, 0.5) is 0 Å². The van der Waals surface area contributed by atoms with E-state index < -0.39 is 29.5 Å². The SMILES string of the molecule is C/C=C\C1(C)/C(=C\C)CCC2C1C(O)CC1(C)C2CC(C)[C@]1(O)C(=O)CO. The summed E-state index contributed by atoms with van der Waals surface area (Å²) in [5.74, 6) is -0.192. The molecule has 0 aliphatic heterocycles. The van der Waals surface area contributed by atoms with Crippen molar-refractivity contribution in [2.45, 2.75) is 72.0 Å². The van der Waals surface area contributed by atoms with Crippen LogP contribution in [0, 0.1) is 34.5 Å². The summed E-state index contributed by atoms with van der Waals surface area (Å²) in [7, 11) is 0. The topological polar surface area (TPSA) is 77.8 Å². The number of hydrogen-bond donors (Lipinski definition) is 3. The molecule has 3 fully saturated rings. The van der Waals surface area contributed by atoms with Crippen molar-refractivity contribution < 1.29 is 20.1 Å². The van der Waals surface area contributed by atoms with E-state index in [2.05, 4.69) is 32.1 Å². The van der Waals surface area contributed by atoms with E-state index in [4.69, 9.17) is 0 Å². The van der Waals surface area contributed by atoms with Crippen molar-refractivity contribution in [2.24, 2.45) is 34.5 Å². The number of fused-ring (bicyclic) bond motifs is 3. The van der Waals surface area contributed by atoms with Crippen LogP contribution >= 0.6 is 0 Å². The molecule has 3 rings (SSSR count). The van der Waals surface area contributed by atoms with Crippen LogP contribution in [0.15, 0.2) is 23.8 Å². The molecule has 3 saturated carbocycles. The number of aliphatic hydroxyl groups excluding tert-OH is 2. The van der Waals surface area contributed by atoms with Crippen molar-refractivity contribution in [3.63, 3.8) is 0 Å². The number of aliphatic hydroxyl groups is 3. The number of hydrogen-bond acceptors (Lipinski definition) is 4. The van der Waals surface area contributed by atoms with E-state index in [1.807, 2.05) is 20.8 Å². The van der Waals surface area contributed by atoms with Crippen LogP contribution in [-0.2, 0) is 4.79 Å². The second kappa shape index (κ2) is 6.82. The Morgan fingerprint density at radius 3 is 2.52 bits per heavy atom. The van der Waals surface area contributed by atoms with Crippen LogP contribution in [0.25, 0.3) is 0 Å². The summed E-state index contributed by atoms with van der Waals surface area (Å²) in [6.07, 6.45) is 9.04. The van der Waals surface area contributed by atoms with E-state index >= 15 is 0 Å². The van der Waals surface area contributed by atoms with E-state index in [1.54, 1.807) is 0 Å². The Bertz CT molecular complexity index is 667. The molecule has 27 heavy (non-hydrogen) atoms. The van der Waals surface area contributed by atoms with Crippen molar-refractivity contribution in [1.82, 2.24) is 0 Å². The predicted octanol–water partition coefficient (Wildman–Crippen LogP) is 3.26. The molecule has 0 saturated heterocycles. The maximum absolute atomic E-state index is 12.6. The Hall–Kier alpha value is -0.970. The van der Waals surface area contributed by atoms with E-state index in [0.717, 1.165) is 19.3 Å². The first-order valence-corrected chi connectivity index (χ1v) is 10.5. The average molecular weight is 377 g/mol. The third kappa shape index (κ3) is 2.56. The van der Waals surface area contributed by atoms with Gasteiger partial charge < -0.3 is 15.3 Å². The molecule has 0 aromatic carbocycles. The normalized spacial score (nSPS) is 51.4. The lowest BCUT2D eigenvalue weighted by Crippen LogP contribution is -2.62. The van der Waals surface area contributed by atoms with Crippen molar-refractivity contribution in [2.75, 3.05) is 6.61 Å². The third-order valence-corrected chi connectivity index (χ3v) is 8.60. The van der Waals surface area contributed by atoms with Gasteiger partial charge in [-0.1, -0.05) is 44.6 Å². The summed E-state index contributed by atoms with van der Waals surface area (Å²) >= 11 is 0. The molecule has 3 N–H and O–H groups in total. The van der Waals surface area contributed by atoms with Crippen LogP contribution in [0.3, 0.4) is 0 Å². The van der Waals surface area contributed by atoms with Gasteiger partial charge in [-0.25, -0.2) is 0 Å². The number of allylic oxidation sites excluding steroid dienone is 4. The van der Waals surface area contributed by atoms with Crippen LogP contribution < -0.4 is 0 Å². The summed E-state index contributed by atoms with van der Waals surface area (Å²) in [6.45, 7) is 9.57. The second-order valence-corrected chi connectivity index (χ2v) is 9.60. The van der Waals surface area contributed by atoms with Gasteiger partial charge in [-0.05, 0) is 57.3 Å². The van der Waals surface area contributed by atoms with Crippen molar-refractivity contribution in [3.8, 4) is 0 Å². The quantitative estimate of drug-likeness (QED) is 0.661. The highest BCUT2D eigenvalue weighted by Crippen LogP contribution is 2.68. The molecule has 152 valence electrons. The van der Waals surface area contributed by atoms with Crippen LogP contribution in [0.2, 0.25) is 0 Å². The number of ketones is 1. The zero-order valence-electron chi connectivity index (χ0n) is 17.4. The number of carbonyl (C=O) groups excluding carboxylic acids is 1. The molecule has 3 aliphatic carbocycles. The van der Waals surface area contributed by atoms with Crippen LogP contribution in [0.5, 0.6) is 0 Å². The Kier molecular flexibility index (Phi) is 5.24. The largest absolute Gasteiger partial charge is 0.393 e. The molecular weight excluding hydrogens is 340 g/mol. The lowest BCUT2D eigenvalue weighted by Gasteiger charge is -2.59. The first-order chi connectivity index (χ1) is 12.6. The van der Waals surface area contributed by atoms with Crippen LogP contribution in [0.1, 0.15) is 60.3 Å². The van der Waals surface area contributed by atoms with Gasteiger partial charge in [0.2, 0.25) is 0 Å². The van der Waals surface area contributed by atoms with Gasteiger partial charge in [0.1, 0.15) is 12.2 Å². The van der Waals surface area contributed by atoms with Crippen molar-refractivity contribution in [3.05, 3.63) is 23.8 Å². The molecule has 7 unspecified atom stereocenters. The molecule has 0 bridgehead atoms. The number of rotatable bonds is 3. The van der Waals surface area contributed by atoms with Crippen molar-refractivity contribution >= 4 is 5.78 Å². The first-order valence-electron chi connectivity index (χ1n) is 10.5. The highest BCUT2D eigenvalue weighted by Gasteiger charge is 2.70. The van der Waals surface area contributed by atoms with E-state index in [1.165, 1.54) is 5.57 Å². The zero-order valence-corrected chi connectivity index (χ0v) is 17.4. The Labute approximate surface area is 163 Å². The summed E-state index contributed by atoms with van der Waals surface area (Å²) in [5.41, 5.74) is -1.08. The average Bonchev–Trinajstić information content (AvgIpc) is 2.82. The number of carbonyl (C=O) groups is 1. The Morgan fingerprint density at radius 1 is 1.30 bits per heavy atom. The molecule has 0 heterocycles. The fourth-order valence-electron chi connectivity index (χ4n) is 7.47. The highest BCUT2D eigenvalue weighted by molar-refractivity contribution is 5.90. The lowest BCUT2D eigenvalue weighted by molar-refractivity contribution is -0.183. The minimum Gasteiger partial charge on any atom is -0.393 e. The molecule has 4 heteroatoms. The molecule has 8 atom stereocenters. The maximum Gasteiger partial charge on any atom is 0.190 e. The molecule has 0 radical (unpaired) electrons. The van der Waals surface area contributed by atoms with Gasteiger partial charge in [-0.15, -0.1) is 0 Å². The lowest BCUT2D eigenvalue weighted by atomic mass is 9.46. The van der Waals surface area contributed by atoms with Gasteiger partial charge in [-0.3, -0.25) is 4.79 Å². The molecule has 4 nitrogen and oxygen atoms in total. The molecular formula is C23H36O4.